The Morgan fingerprint density at radius 1 is 1.20 bits per heavy atom. The van der Waals surface area contributed by atoms with Crippen molar-refractivity contribution < 1.29 is 9.90 Å². The van der Waals surface area contributed by atoms with Crippen LogP contribution in [0.3, 0.4) is 0 Å². The molecule has 0 radical (unpaired) electrons. The highest BCUT2D eigenvalue weighted by molar-refractivity contribution is 5.79. The zero-order chi connectivity index (χ0) is 10.4. The SMILES string of the molecule is O=C(O)C=CC1C=CC2C3C=CC(C3)C12. The van der Waals surface area contributed by atoms with Crippen molar-refractivity contribution in [3.63, 3.8) is 0 Å². The van der Waals surface area contributed by atoms with Crippen molar-refractivity contribution in [2.24, 2.45) is 29.6 Å². The Kier molecular flexibility index (Phi) is 1.84. The van der Waals surface area contributed by atoms with E-state index in [1.54, 1.807) is 0 Å². The highest BCUT2D eigenvalue weighted by atomic mass is 16.4. The fourth-order valence-electron chi connectivity index (χ4n) is 3.48. The van der Waals surface area contributed by atoms with Gasteiger partial charge in [0.25, 0.3) is 0 Å². The second kappa shape index (κ2) is 3.09. The van der Waals surface area contributed by atoms with Gasteiger partial charge in [0.2, 0.25) is 0 Å². The van der Waals surface area contributed by atoms with Gasteiger partial charge in [-0.25, -0.2) is 4.79 Å². The fraction of sp³-hybridized carbons (Fsp3) is 0.462. The molecule has 2 heteroatoms. The maximum Gasteiger partial charge on any atom is 0.327 e. The van der Waals surface area contributed by atoms with Crippen molar-refractivity contribution in [1.29, 1.82) is 0 Å². The van der Waals surface area contributed by atoms with Crippen LogP contribution in [-0.2, 0) is 4.79 Å². The second-order valence-electron chi connectivity index (χ2n) is 4.76. The largest absolute Gasteiger partial charge is 0.478 e. The molecule has 15 heavy (non-hydrogen) atoms. The van der Waals surface area contributed by atoms with E-state index in [-0.39, 0.29) is 0 Å². The number of hydrogen-bond acceptors (Lipinski definition) is 1. The fourth-order valence-corrected chi connectivity index (χ4v) is 3.48. The number of fused-ring (bicyclic) bond motifs is 5. The molecule has 3 aliphatic rings. The Hall–Kier alpha value is -1.31. The van der Waals surface area contributed by atoms with E-state index in [0.29, 0.717) is 23.7 Å². The highest BCUT2D eigenvalue weighted by Crippen LogP contribution is 2.55. The molecule has 0 amide bonds. The number of carbonyl (C=O) groups is 1. The lowest BCUT2D eigenvalue weighted by molar-refractivity contribution is -0.131. The van der Waals surface area contributed by atoms with E-state index in [1.807, 2.05) is 6.08 Å². The second-order valence-corrected chi connectivity index (χ2v) is 4.76. The molecule has 0 aromatic heterocycles. The van der Waals surface area contributed by atoms with Gasteiger partial charge in [-0.3, -0.25) is 0 Å². The summed E-state index contributed by atoms with van der Waals surface area (Å²) in [5, 5.41) is 8.62. The molecular weight excluding hydrogens is 188 g/mol. The lowest BCUT2D eigenvalue weighted by atomic mass is 9.80. The van der Waals surface area contributed by atoms with Gasteiger partial charge in [-0.15, -0.1) is 0 Å². The zero-order valence-electron chi connectivity index (χ0n) is 8.41. The predicted molar refractivity (Wildman–Crippen MR) is 57.1 cm³/mol. The van der Waals surface area contributed by atoms with Crippen LogP contribution in [0.25, 0.3) is 0 Å². The molecule has 0 heterocycles. The van der Waals surface area contributed by atoms with Crippen molar-refractivity contribution in [2.75, 3.05) is 0 Å². The number of rotatable bonds is 2. The number of carboxylic acid groups (broad SMARTS) is 1. The summed E-state index contributed by atoms with van der Waals surface area (Å²) in [7, 11) is 0. The normalized spacial score (nSPS) is 45.5. The smallest absolute Gasteiger partial charge is 0.327 e. The van der Waals surface area contributed by atoms with Gasteiger partial charge in [0, 0.05) is 6.08 Å². The van der Waals surface area contributed by atoms with E-state index in [2.05, 4.69) is 24.3 Å². The first-order valence-electron chi connectivity index (χ1n) is 5.53. The molecule has 1 saturated carbocycles. The van der Waals surface area contributed by atoms with Gasteiger partial charge in [-0.05, 0) is 36.0 Å². The average molecular weight is 202 g/mol. The van der Waals surface area contributed by atoms with Crippen LogP contribution in [0.5, 0.6) is 0 Å². The van der Waals surface area contributed by atoms with Crippen LogP contribution >= 0.6 is 0 Å². The number of aliphatic carboxylic acids is 1. The van der Waals surface area contributed by atoms with Gasteiger partial charge in [0.1, 0.15) is 0 Å². The first kappa shape index (κ1) is 8.96. The Balaban J connectivity index is 1.81. The van der Waals surface area contributed by atoms with E-state index in [4.69, 9.17) is 5.11 Å². The molecular formula is C13H14O2. The van der Waals surface area contributed by atoms with E-state index >= 15 is 0 Å². The summed E-state index contributed by atoms with van der Waals surface area (Å²) in [6, 6.07) is 0. The van der Waals surface area contributed by atoms with Gasteiger partial charge in [-0.1, -0.05) is 30.4 Å². The minimum atomic E-state index is -0.842. The Morgan fingerprint density at radius 2 is 2.00 bits per heavy atom. The lowest BCUT2D eigenvalue weighted by Crippen LogP contribution is -2.19. The lowest BCUT2D eigenvalue weighted by Gasteiger charge is -2.24. The van der Waals surface area contributed by atoms with Gasteiger partial charge in [0.15, 0.2) is 0 Å². The quantitative estimate of drug-likeness (QED) is 0.551. The maximum absolute atomic E-state index is 10.5. The van der Waals surface area contributed by atoms with Gasteiger partial charge >= 0.3 is 5.97 Å². The third kappa shape index (κ3) is 1.28. The summed E-state index contributed by atoms with van der Waals surface area (Å²) >= 11 is 0. The molecule has 0 aromatic rings. The summed E-state index contributed by atoms with van der Waals surface area (Å²) in [5.74, 6) is 2.20. The molecule has 78 valence electrons. The van der Waals surface area contributed by atoms with Gasteiger partial charge in [-0.2, -0.15) is 0 Å². The molecule has 1 N–H and O–H groups in total. The van der Waals surface area contributed by atoms with E-state index in [9.17, 15) is 4.79 Å². The van der Waals surface area contributed by atoms with Crippen LogP contribution in [0.2, 0.25) is 0 Å². The van der Waals surface area contributed by atoms with Crippen molar-refractivity contribution in [2.45, 2.75) is 6.42 Å². The molecule has 0 aliphatic heterocycles. The minimum Gasteiger partial charge on any atom is -0.478 e. The summed E-state index contributed by atoms with van der Waals surface area (Å²) in [4.78, 5) is 10.5. The highest BCUT2D eigenvalue weighted by Gasteiger charge is 2.47. The zero-order valence-corrected chi connectivity index (χ0v) is 8.41. The van der Waals surface area contributed by atoms with Crippen LogP contribution in [0.4, 0.5) is 0 Å². The molecule has 1 fully saturated rings. The van der Waals surface area contributed by atoms with Crippen LogP contribution < -0.4 is 0 Å². The molecule has 0 aromatic carbocycles. The summed E-state index contributed by atoms with van der Waals surface area (Å²) in [6.45, 7) is 0. The Bertz CT molecular complexity index is 378. The van der Waals surface area contributed by atoms with E-state index in [0.717, 1.165) is 5.92 Å². The molecule has 3 aliphatic carbocycles. The van der Waals surface area contributed by atoms with Crippen LogP contribution in [-0.4, -0.2) is 11.1 Å². The van der Waals surface area contributed by atoms with E-state index in [1.165, 1.54) is 12.5 Å². The molecule has 0 spiro atoms. The van der Waals surface area contributed by atoms with Crippen LogP contribution in [0, 0.1) is 29.6 Å². The summed E-state index contributed by atoms with van der Waals surface area (Å²) in [5.41, 5.74) is 0. The molecule has 5 unspecified atom stereocenters. The van der Waals surface area contributed by atoms with Gasteiger partial charge in [0.05, 0.1) is 0 Å². The first-order valence-corrected chi connectivity index (χ1v) is 5.53. The van der Waals surface area contributed by atoms with E-state index < -0.39 is 5.97 Å². The monoisotopic (exact) mass is 202 g/mol. The van der Waals surface area contributed by atoms with Crippen LogP contribution in [0.15, 0.2) is 36.5 Å². The first-order chi connectivity index (χ1) is 7.25. The topological polar surface area (TPSA) is 37.3 Å². The van der Waals surface area contributed by atoms with Crippen molar-refractivity contribution >= 4 is 5.97 Å². The maximum atomic E-state index is 10.5. The molecule has 2 bridgehead atoms. The Morgan fingerprint density at radius 3 is 2.80 bits per heavy atom. The molecule has 2 nitrogen and oxygen atoms in total. The average Bonchev–Trinajstić information content (AvgIpc) is 2.87. The van der Waals surface area contributed by atoms with Gasteiger partial charge < -0.3 is 5.11 Å². The molecule has 3 rings (SSSR count). The summed E-state index contributed by atoms with van der Waals surface area (Å²) in [6.07, 6.45) is 13.5. The van der Waals surface area contributed by atoms with Crippen molar-refractivity contribution in [3.8, 4) is 0 Å². The number of hydrogen-bond donors (Lipinski definition) is 1. The Labute approximate surface area is 89.0 Å². The third-order valence-corrected chi connectivity index (χ3v) is 4.04. The minimum absolute atomic E-state index is 0.339. The number of carboxylic acids is 1. The number of allylic oxidation sites excluding steroid dienone is 5. The van der Waals surface area contributed by atoms with Crippen LogP contribution in [0.1, 0.15) is 6.42 Å². The van der Waals surface area contributed by atoms with Crippen molar-refractivity contribution in [3.05, 3.63) is 36.5 Å². The van der Waals surface area contributed by atoms with Crippen molar-refractivity contribution in [1.82, 2.24) is 0 Å². The standard InChI is InChI=1S/C13H14O2/c14-12(15)6-4-8-3-5-11-9-1-2-10(7-9)13(8)11/h1-6,8-11,13H,7H2,(H,14,15). The summed E-state index contributed by atoms with van der Waals surface area (Å²) < 4.78 is 0. The predicted octanol–water partition coefficient (Wildman–Crippen LogP) is 2.25. The third-order valence-electron chi connectivity index (χ3n) is 4.04. The molecule has 5 atom stereocenters. The molecule has 0 saturated heterocycles.